The van der Waals surface area contributed by atoms with E-state index in [2.05, 4.69) is 5.32 Å². The molecule has 0 heterocycles. The van der Waals surface area contributed by atoms with Crippen LogP contribution in [0.5, 0.6) is 0 Å². The predicted octanol–water partition coefficient (Wildman–Crippen LogP) is 2.89. The minimum Gasteiger partial charge on any atom is -0.350 e. The maximum Gasteiger partial charge on any atom is 0.277 e. The van der Waals surface area contributed by atoms with Gasteiger partial charge in [0.2, 0.25) is 0 Å². The summed E-state index contributed by atoms with van der Waals surface area (Å²) >= 11 is 0. The summed E-state index contributed by atoms with van der Waals surface area (Å²) in [6.07, 6.45) is 0. The van der Waals surface area contributed by atoms with Crippen LogP contribution in [-0.4, -0.2) is 16.9 Å². The van der Waals surface area contributed by atoms with Crippen molar-refractivity contribution >= 4 is 22.4 Å². The standard InChI is InChI=1S/C14H14N2O3/c1-9(2)15-14(17)12-7-8-13(16(18)19)11-6-4-3-5-10(11)12/h3-9H,1-2H3,(H,15,17). The second kappa shape index (κ2) is 5.06. The lowest BCUT2D eigenvalue weighted by Crippen LogP contribution is -2.30. The van der Waals surface area contributed by atoms with E-state index in [0.29, 0.717) is 16.3 Å². The van der Waals surface area contributed by atoms with Gasteiger partial charge in [-0.25, -0.2) is 0 Å². The van der Waals surface area contributed by atoms with Crippen molar-refractivity contribution in [3.05, 3.63) is 52.1 Å². The summed E-state index contributed by atoms with van der Waals surface area (Å²) in [4.78, 5) is 22.6. The molecule has 0 unspecified atom stereocenters. The summed E-state index contributed by atoms with van der Waals surface area (Å²) in [5, 5.41) is 14.8. The van der Waals surface area contributed by atoms with Crippen LogP contribution in [0.15, 0.2) is 36.4 Å². The van der Waals surface area contributed by atoms with Crippen LogP contribution in [0.25, 0.3) is 10.8 Å². The van der Waals surface area contributed by atoms with Crippen molar-refractivity contribution in [2.24, 2.45) is 0 Å². The van der Waals surface area contributed by atoms with Gasteiger partial charge in [-0.3, -0.25) is 14.9 Å². The third-order valence-corrected chi connectivity index (χ3v) is 2.76. The van der Waals surface area contributed by atoms with Gasteiger partial charge in [-0.1, -0.05) is 18.2 Å². The first-order valence-electron chi connectivity index (χ1n) is 5.97. The summed E-state index contributed by atoms with van der Waals surface area (Å²) in [7, 11) is 0. The van der Waals surface area contributed by atoms with Crippen molar-refractivity contribution in [2.75, 3.05) is 0 Å². The number of benzene rings is 2. The molecule has 0 fully saturated rings. The topological polar surface area (TPSA) is 72.2 Å². The Morgan fingerprint density at radius 1 is 1.16 bits per heavy atom. The van der Waals surface area contributed by atoms with Gasteiger partial charge in [-0.2, -0.15) is 0 Å². The highest BCUT2D eigenvalue weighted by Gasteiger charge is 2.17. The number of nitro groups is 1. The first-order valence-corrected chi connectivity index (χ1v) is 5.97. The molecule has 0 aliphatic heterocycles. The van der Waals surface area contributed by atoms with Crippen LogP contribution in [-0.2, 0) is 0 Å². The van der Waals surface area contributed by atoms with Gasteiger partial charge in [0, 0.05) is 23.1 Å². The van der Waals surface area contributed by atoms with Crippen LogP contribution in [0.3, 0.4) is 0 Å². The molecule has 5 heteroatoms. The summed E-state index contributed by atoms with van der Waals surface area (Å²) in [6, 6.07) is 9.74. The maximum atomic E-state index is 12.1. The van der Waals surface area contributed by atoms with Crippen molar-refractivity contribution < 1.29 is 9.72 Å². The highest BCUT2D eigenvalue weighted by Crippen LogP contribution is 2.28. The fourth-order valence-corrected chi connectivity index (χ4v) is 1.98. The predicted molar refractivity (Wildman–Crippen MR) is 73.2 cm³/mol. The largest absolute Gasteiger partial charge is 0.350 e. The smallest absolute Gasteiger partial charge is 0.277 e. The second-order valence-electron chi connectivity index (χ2n) is 4.56. The average Bonchev–Trinajstić information content (AvgIpc) is 2.36. The lowest BCUT2D eigenvalue weighted by molar-refractivity contribution is -0.383. The molecule has 1 N–H and O–H groups in total. The zero-order chi connectivity index (χ0) is 14.0. The number of nitrogens with one attached hydrogen (secondary N) is 1. The second-order valence-corrected chi connectivity index (χ2v) is 4.56. The number of nitro benzene ring substituents is 1. The molecule has 0 aliphatic carbocycles. The van der Waals surface area contributed by atoms with Gasteiger partial charge >= 0.3 is 0 Å². The van der Waals surface area contributed by atoms with Gasteiger partial charge < -0.3 is 5.32 Å². The third kappa shape index (κ3) is 2.54. The maximum absolute atomic E-state index is 12.1. The molecule has 2 rings (SSSR count). The van der Waals surface area contributed by atoms with Crippen LogP contribution in [0.1, 0.15) is 24.2 Å². The molecule has 0 saturated heterocycles. The van der Waals surface area contributed by atoms with E-state index in [-0.39, 0.29) is 17.6 Å². The number of carbonyl (C=O) groups excluding carboxylic acids is 1. The molecule has 0 aliphatic rings. The van der Waals surface area contributed by atoms with Crippen LogP contribution in [0.2, 0.25) is 0 Å². The molecule has 0 spiro atoms. The molecule has 1 amide bonds. The normalized spacial score (nSPS) is 10.7. The minimum atomic E-state index is -0.438. The van der Waals surface area contributed by atoms with Gasteiger partial charge in [-0.15, -0.1) is 0 Å². The van der Waals surface area contributed by atoms with Gasteiger partial charge in [0.05, 0.1) is 10.3 Å². The van der Waals surface area contributed by atoms with Gasteiger partial charge in [-0.05, 0) is 26.0 Å². The Hall–Kier alpha value is -2.43. The van der Waals surface area contributed by atoms with E-state index in [1.165, 1.54) is 12.1 Å². The van der Waals surface area contributed by atoms with E-state index in [1.54, 1.807) is 24.3 Å². The Kier molecular flexibility index (Phi) is 3.46. The summed E-state index contributed by atoms with van der Waals surface area (Å²) in [6.45, 7) is 3.73. The van der Waals surface area contributed by atoms with E-state index >= 15 is 0 Å². The van der Waals surface area contributed by atoms with Crippen molar-refractivity contribution in [1.82, 2.24) is 5.32 Å². The van der Waals surface area contributed by atoms with Crippen LogP contribution in [0, 0.1) is 10.1 Å². The number of non-ortho nitro benzene ring substituents is 1. The molecule has 0 aromatic heterocycles. The summed E-state index contributed by atoms with van der Waals surface area (Å²) in [5.74, 6) is -0.221. The zero-order valence-electron chi connectivity index (χ0n) is 10.7. The highest BCUT2D eigenvalue weighted by molar-refractivity contribution is 6.09. The Labute approximate surface area is 110 Å². The van der Waals surface area contributed by atoms with E-state index in [0.717, 1.165) is 0 Å². The first-order chi connectivity index (χ1) is 9.00. The van der Waals surface area contributed by atoms with Gasteiger partial charge in [0.1, 0.15) is 0 Å². The number of rotatable bonds is 3. The molecular weight excluding hydrogens is 244 g/mol. The quantitative estimate of drug-likeness (QED) is 0.679. The molecule has 98 valence electrons. The SMILES string of the molecule is CC(C)NC(=O)c1ccc([N+](=O)[O-])c2ccccc12. The van der Waals surface area contributed by atoms with Crippen LogP contribution >= 0.6 is 0 Å². The van der Waals surface area contributed by atoms with Crippen molar-refractivity contribution in [3.8, 4) is 0 Å². The number of hydrogen-bond acceptors (Lipinski definition) is 3. The molecular formula is C14H14N2O3. The van der Waals surface area contributed by atoms with Crippen molar-refractivity contribution in [2.45, 2.75) is 19.9 Å². The zero-order valence-corrected chi connectivity index (χ0v) is 10.7. The molecule has 2 aromatic rings. The Morgan fingerprint density at radius 3 is 2.37 bits per heavy atom. The van der Waals surface area contributed by atoms with Crippen molar-refractivity contribution in [3.63, 3.8) is 0 Å². The van der Waals surface area contributed by atoms with E-state index in [9.17, 15) is 14.9 Å². The number of nitrogens with zero attached hydrogens (tertiary/aromatic N) is 1. The Bertz CT molecular complexity index is 650. The van der Waals surface area contributed by atoms with Gasteiger partial charge in [0.25, 0.3) is 11.6 Å². The molecule has 0 bridgehead atoms. The van der Waals surface area contributed by atoms with E-state index in [4.69, 9.17) is 0 Å². The lowest BCUT2D eigenvalue weighted by atomic mass is 10.0. The number of fused-ring (bicyclic) bond motifs is 1. The fraction of sp³-hybridized carbons (Fsp3) is 0.214. The third-order valence-electron chi connectivity index (χ3n) is 2.76. The highest BCUT2D eigenvalue weighted by atomic mass is 16.6. The van der Waals surface area contributed by atoms with Gasteiger partial charge in [0.15, 0.2) is 0 Å². The molecule has 0 saturated carbocycles. The molecule has 19 heavy (non-hydrogen) atoms. The van der Waals surface area contributed by atoms with E-state index < -0.39 is 4.92 Å². The Balaban J connectivity index is 2.62. The Morgan fingerprint density at radius 2 is 1.79 bits per heavy atom. The molecule has 2 aromatic carbocycles. The number of hydrogen-bond donors (Lipinski definition) is 1. The number of carbonyl (C=O) groups is 1. The van der Waals surface area contributed by atoms with Crippen LogP contribution in [0.4, 0.5) is 5.69 Å². The first kappa shape index (κ1) is 13.0. The lowest BCUT2D eigenvalue weighted by Gasteiger charge is -2.10. The summed E-state index contributed by atoms with van der Waals surface area (Å²) < 4.78 is 0. The fourth-order valence-electron chi connectivity index (χ4n) is 1.98. The van der Waals surface area contributed by atoms with Crippen LogP contribution < -0.4 is 5.32 Å². The van der Waals surface area contributed by atoms with E-state index in [1.807, 2.05) is 13.8 Å². The monoisotopic (exact) mass is 258 g/mol. The average molecular weight is 258 g/mol. The molecule has 5 nitrogen and oxygen atoms in total. The summed E-state index contributed by atoms with van der Waals surface area (Å²) in [5.41, 5.74) is 0.464. The van der Waals surface area contributed by atoms with Crippen molar-refractivity contribution in [1.29, 1.82) is 0 Å². The molecule has 0 radical (unpaired) electrons. The number of amides is 1. The minimum absolute atomic E-state index is 0.0108. The molecule has 0 atom stereocenters.